The summed E-state index contributed by atoms with van der Waals surface area (Å²) in [4.78, 5) is 22.8. The topological polar surface area (TPSA) is 113 Å². The molecule has 1 heterocycles. The second kappa shape index (κ2) is 7.76. The minimum atomic E-state index is -3.94. The lowest BCUT2D eigenvalue weighted by Crippen LogP contribution is -2.40. The standard InChI is InChI=1S/C16H22N2O5S/c1-2-3-6-14(16(20)21)18-24(22,23)12-8-9-13-11(10-12)5-4-7-15(19)17-13/h8-10,14,18H,2-7H2,1H3,(H,17,19)(H,20,21)/t14-/m0/s1. The largest absolute Gasteiger partial charge is 0.480 e. The van der Waals surface area contributed by atoms with Crippen LogP contribution in [0.1, 0.15) is 44.6 Å². The van der Waals surface area contributed by atoms with Gasteiger partial charge in [-0.3, -0.25) is 9.59 Å². The molecule has 0 spiro atoms. The molecular formula is C16H22N2O5S. The van der Waals surface area contributed by atoms with E-state index in [-0.39, 0.29) is 17.2 Å². The van der Waals surface area contributed by atoms with Gasteiger partial charge in [0, 0.05) is 12.1 Å². The molecule has 0 bridgehead atoms. The summed E-state index contributed by atoms with van der Waals surface area (Å²) < 4.78 is 27.2. The third-order valence-electron chi connectivity index (χ3n) is 3.95. The van der Waals surface area contributed by atoms with E-state index < -0.39 is 22.0 Å². The van der Waals surface area contributed by atoms with Gasteiger partial charge in [0.2, 0.25) is 15.9 Å². The van der Waals surface area contributed by atoms with Crippen molar-refractivity contribution in [3.63, 3.8) is 0 Å². The Bertz CT molecular complexity index is 730. The Balaban J connectivity index is 2.24. The number of fused-ring (bicyclic) bond motifs is 1. The molecule has 1 aromatic carbocycles. The number of carboxylic acid groups (broad SMARTS) is 1. The number of carboxylic acids is 1. The second-order valence-electron chi connectivity index (χ2n) is 5.88. The molecule has 0 saturated carbocycles. The number of aliphatic carboxylic acids is 1. The molecule has 0 unspecified atom stereocenters. The Labute approximate surface area is 141 Å². The number of aryl methyl sites for hydroxylation is 1. The summed E-state index contributed by atoms with van der Waals surface area (Å²) in [7, 11) is -3.94. The Kier molecular flexibility index (Phi) is 5.95. The maximum Gasteiger partial charge on any atom is 0.321 e. The maximum atomic E-state index is 12.5. The van der Waals surface area contributed by atoms with E-state index in [0.29, 0.717) is 31.4 Å². The minimum absolute atomic E-state index is 0.0140. The lowest BCUT2D eigenvalue weighted by atomic mass is 10.1. The van der Waals surface area contributed by atoms with E-state index in [2.05, 4.69) is 10.0 Å². The van der Waals surface area contributed by atoms with Gasteiger partial charge in [-0.2, -0.15) is 4.72 Å². The minimum Gasteiger partial charge on any atom is -0.480 e. The number of carbonyl (C=O) groups is 2. The molecule has 7 nitrogen and oxygen atoms in total. The molecule has 132 valence electrons. The highest BCUT2D eigenvalue weighted by atomic mass is 32.2. The van der Waals surface area contributed by atoms with Crippen molar-refractivity contribution in [3.8, 4) is 0 Å². The third kappa shape index (κ3) is 4.55. The van der Waals surface area contributed by atoms with Gasteiger partial charge in [0.25, 0.3) is 0 Å². The fourth-order valence-electron chi connectivity index (χ4n) is 2.61. The van der Waals surface area contributed by atoms with Gasteiger partial charge in [0.05, 0.1) is 4.90 Å². The highest BCUT2D eigenvalue weighted by Crippen LogP contribution is 2.25. The number of hydrogen-bond donors (Lipinski definition) is 3. The number of sulfonamides is 1. The first-order chi connectivity index (χ1) is 11.3. The normalized spacial score (nSPS) is 16.0. The van der Waals surface area contributed by atoms with Crippen LogP contribution in [0.25, 0.3) is 0 Å². The fourth-order valence-corrected chi connectivity index (χ4v) is 3.89. The van der Waals surface area contributed by atoms with E-state index in [9.17, 15) is 23.1 Å². The van der Waals surface area contributed by atoms with E-state index in [1.807, 2.05) is 6.92 Å². The van der Waals surface area contributed by atoms with Crippen molar-refractivity contribution in [1.82, 2.24) is 4.72 Å². The van der Waals surface area contributed by atoms with E-state index in [1.54, 1.807) is 6.07 Å². The molecule has 8 heteroatoms. The van der Waals surface area contributed by atoms with Crippen molar-refractivity contribution in [2.75, 3.05) is 5.32 Å². The average Bonchev–Trinajstić information content (AvgIpc) is 2.70. The number of amides is 1. The molecule has 0 aliphatic carbocycles. The van der Waals surface area contributed by atoms with Gasteiger partial charge in [-0.05, 0) is 43.0 Å². The van der Waals surface area contributed by atoms with Crippen LogP contribution in [0.5, 0.6) is 0 Å². The Hall–Kier alpha value is -1.93. The summed E-state index contributed by atoms with van der Waals surface area (Å²) in [6, 6.07) is 3.29. The number of benzene rings is 1. The maximum absolute atomic E-state index is 12.5. The highest BCUT2D eigenvalue weighted by Gasteiger charge is 2.26. The van der Waals surface area contributed by atoms with E-state index in [1.165, 1.54) is 12.1 Å². The molecule has 0 saturated heterocycles. The van der Waals surface area contributed by atoms with Gasteiger partial charge in [-0.15, -0.1) is 0 Å². The highest BCUT2D eigenvalue weighted by molar-refractivity contribution is 7.89. The molecule has 1 amide bonds. The molecule has 3 N–H and O–H groups in total. The third-order valence-corrected chi connectivity index (χ3v) is 5.42. The van der Waals surface area contributed by atoms with Crippen LogP contribution in [0.4, 0.5) is 5.69 Å². The summed E-state index contributed by atoms with van der Waals surface area (Å²) >= 11 is 0. The summed E-state index contributed by atoms with van der Waals surface area (Å²) in [5.74, 6) is -1.28. The summed E-state index contributed by atoms with van der Waals surface area (Å²) in [5, 5.41) is 11.9. The van der Waals surface area contributed by atoms with Crippen LogP contribution in [0.15, 0.2) is 23.1 Å². The van der Waals surface area contributed by atoms with Crippen molar-refractivity contribution in [3.05, 3.63) is 23.8 Å². The molecule has 0 aromatic heterocycles. The van der Waals surface area contributed by atoms with E-state index in [0.717, 1.165) is 12.0 Å². The lowest BCUT2D eigenvalue weighted by molar-refractivity contribution is -0.139. The van der Waals surface area contributed by atoms with Crippen LogP contribution in [0.2, 0.25) is 0 Å². The number of carbonyl (C=O) groups excluding carboxylic acids is 1. The van der Waals surface area contributed by atoms with Crippen molar-refractivity contribution in [1.29, 1.82) is 0 Å². The zero-order valence-electron chi connectivity index (χ0n) is 13.5. The number of unbranched alkanes of at least 4 members (excludes halogenated alkanes) is 1. The first kappa shape index (κ1) is 18.4. The van der Waals surface area contributed by atoms with Crippen molar-refractivity contribution in [2.24, 2.45) is 0 Å². The smallest absolute Gasteiger partial charge is 0.321 e. The van der Waals surface area contributed by atoms with Crippen LogP contribution in [-0.4, -0.2) is 31.4 Å². The second-order valence-corrected chi connectivity index (χ2v) is 7.59. The molecule has 0 fully saturated rings. The van der Waals surface area contributed by atoms with Gasteiger partial charge >= 0.3 is 5.97 Å². The monoisotopic (exact) mass is 354 g/mol. The van der Waals surface area contributed by atoms with Crippen molar-refractivity contribution in [2.45, 2.75) is 56.4 Å². The van der Waals surface area contributed by atoms with Crippen LogP contribution >= 0.6 is 0 Å². The average molecular weight is 354 g/mol. The lowest BCUT2D eigenvalue weighted by Gasteiger charge is -2.15. The molecule has 1 atom stereocenters. The number of anilines is 1. The van der Waals surface area contributed by atoms with E-state index in [4.69, 9.17) is 0 Å². The van der Waals surface area contributed by atoms with Gasteiger partial charge in [-0.1, -0.05) is 19.8 Å². The summed E-state index contributed by atoms with van der Waals surface area (Å²) in [6.07, 6.45) is 3.28. The number of rotatable bonds is 7. The van der Waals surface area contributed by atoms with Crippen LogP contribution in [-0.2, 0) is 26.0 Å². The first-order valence-corrected chi connectivity index (χ1v) is 9.49. The zero-order chi connectivity index (χ0) is 17.7. The van der Waals surface area contributed by atoms with Gasteiger partial charge < -0.3 is 10.4 Å². The van der Waals surface area contributed by atoms with Gasteiger partial charge in [0.1, 0.15) is 6.04 Å². The van der Waals surface area contributed by atoms with Crippen molar-refractivity contribution >= 4 is 27.6 Å². The SMILES string of the molecule is CCCC[C@H](NS(=O)(=O)c1ccc2c(c1)CCCC(=O)N2)C(=O)O. The Morgan fingerprint density at radius 1 is 1.38 bits per heavy atom. The predicted octanol–water partition coefficient (Wildman–Crippen LogP) is 1.88. The van der Waals surface area contributed by atoms with Crippen molar-refractivity contribution < 1.29 is 23.1 Å². The molecule has 1 aliphatic rings. The summed E-state index contributed by atoms with van der Waals surface area (Å²) in [5.41, 5.74) is 1.35. The molecule has 24 heavy (non-hydrogen) atoms. The molecular weight excluding hydrogens is 332 g/mol. The van der Waals surface area contributed by atoms with Gasteiger partial charge in [0.15, 0.2) is 0 Å². The predicted molar refractivity (Wildman–Crippen MR) is 89.3 cm³/mol. The Morgan fingerprint density at radius 3 is 2.79 bits per heavy atom. The molecule has 1 aliphatic heterocycles. The molecule has 1 aromatic rings. The number of nitrogens with one attached hydrogen (secondary N) is 2. The summed E-state index contributed by atoms with van der Waals surface area (Å²) in [6.45, 7) is 1.91. The molecule has 0 radical (unpaired) electrons. The first-order valence-electron chi connectivity index (χ1n) is 8.01. The van der Waals surface area contributed by atoms with E-state index >= 15 is 0 Å². The zero-order valence-corrected chi connectivity index (χ0v) is 14.4. The van der Waals surface area contributed by atoms with Crippen LogP contribution in [0, 0.1) is 0 Å². The van der Waals surface area contributed by atoms with Gasteiger partial charge in [-0.25, -0.2) is 8.42 Å². The number of hydrogen-bond acceptors (Lipinski definition) is 4. The van der Waals surface area contributed by atoms with Crippen LogP contribution < -0.4 is 10.0 Å². The molecule has 2 rings (SSSR count). The van der Waals surface area contributed by atoms with Crippen LogP contribution in [0.3, 0.4) is 0 Å². The quantitative estimate of drug-likeness (QED) is 0.692. The Morgan fingerprint density at radius 2 is 2.12 bits per heavy atom. The fraction of sp³-hybridized carbons (Fsp3) is 0.500.